The summed E-state index contributed by atoms with van der Waals surface area (Å²) >= 11 is 0. The van der Waals surface area contributed by atoms with Crippen molar-refractivity contribution in [2.75, 3.05) is 19.8 Å². The molecule has 0 bridgehead atoms. The summed E-state index contributed by atoms with van der Waals surface area (Å²) in [5.41, 5.74) is 0.299. The van der Waals surface area contributed by atoms with E-state index in [0.29, 0.717) is 19.8 Å². The summed E-state index contributed by atoms with van der Waals surface area (Å²) in [7, 11) is 0. The van der Waals surface area contributed by atoms with E-state index >= 15 is 0 Å². The third-order valence-electron chi connectivity index (χ3n) is 3.60. The van der Waals surface area contributed by atoms with Gasteiger partial charge in [-0.15, -0.1) is 0 Å². The van der Waals surface area contributed by atoms with Gasteiger partial charge in [-0.05, 0) is 19.9 Å². The van der Waals surface area contributed by atoms with Crippen LogP contribution in [-0.4, -0.2) is 40.3 Å². The molecule has 2 rings (SSSR count). The maximum atomic E-state index is 10.7. The molecule has 1 saturated heterocycles. The van der Waals surface area contributed by atoms with Gasteiger partial charge in [0.25, 0.3) is 0 Å². The predicted molar refractivity (Wildman–Crippen MR) is 67.3 cm³/mol. The van der Waals surface area contributed by atoms with Gasteiger partial charge in [0, 0.05) is 45.4 Å². The second kappa shape index (κ2) is 5.82. The van der Waals surface area contributed by atoms with Crippen LogP contribution in [0.4, 0.5) is 0 Å². The van der Waals surface area contributed by atoms with Crippen molar-refractivity contribution >= 4 is 0 Å². The minimum absolute atomic E-state index is 0.528. The van der Waals surface area contributed by atoms with Crippen molar-refractivity contribution in [3.63, 3.8) is 0 Å². The van der Waals surface area contributed by atoms with Crippen LogP contribution in [-0.2, 0) is 16.0 Å². The number of aryl methyl sites for hydroxylation is 1. The van der Waals surface area contributed by atoms with Crippen molar-refractivity contribution in [2.24, 2.45) is 0 Å². The molecule has 1 aromatic rings. The Labute approximate surface area is 108 Å². The van der Waals surface area contributed by atoms with E-state index < -0.39 is 11.7 Å². The molecule has 1 aliphatic rings. The van der Waals surface area contributed by atoms with Crippen LogP contribution >= 0.6 is 0 Å². The van der Waals surface area contributed by atoms with E-state index in [4.69, 9.17) is 9.47 Å². The Kier molecular flexibility index (Phi) is 4.37. The Balaban J connectivity index is 2.24. The zero-order chi connectivity index (χ0) is 13.0. The van der Waals surface area contributed by atoms with Crippen molar-refractivity contribution in [3.05, 3.63) is 18.0 Å². The normalized spacial score (nSPS) is 20.8. The highest BCUT2D eigenvalue weighted by Crippen LogP contribution is 2.37. The number of rotatable bonds is 5. The van der Waals surface area contributed by atoms with Gasteiger partial charge >= 0.3 is 0 Å². The zero-order valence-electron chi connectivity index (χ0n) is 11.1. The lowest BCUT2D eigenvalue weighted by Crippen LogP contribution is -2.45. The number of hydrogen-bond acceptors (Lipinski definition) is 4. The summed E-state index contributed by atoms with van der Waals surface area (Å²) in [4.78, 5) is 0. The molecule has 18 heavy (non-hydrogen) atoms. The summed E-state index contributed by atoms with van der Waals surface area (Å²) in [6, 6.07) is 1.87. The molecule has 0 radical (unpaired) electrons. The van der Waals surface area contributed by atoms with Crippen molar-refractivity contribution in [2.45, 2.75) is 44.9 Å². The summed E-state index contributed by atoms with van der Waals surface area (Å²) in [6.45, 7) is 6.59. The van der Waals surface area contributed by atoms with Crippen LogP contribution in [0.1, 0.15) is 38.5 Å². The lowest BCUT2D eigenvalue weighted by molar-refractivity contribution is -0.169. The first-order chi connectivity index (χ1) is 8.73. The quantitative estimate of drug-likeness (QED) is 0.865. The third-order valence-corrected chi connectivity index (χ3v) is 3.60. The topological polar surface area (TPSA) is 56.5 Å². The van der Waals surface area contributed by atoms with Crippen LogP contribution in [0.2, 0.25) is 0 Å². The van der Waals surface area contributed by atoms with Gasteiger partial charge in [-0.1, -0.05) is 0 Å². The molecule has 1 aliphatic heterocycles. The highest BCUT2D eigenvalue weighted by molar-refractivity contribution is 5.11. The van der Waals surface area contributed by atoms with Gasteiger partial charge in [-0.2, -0.15) is 5.10 Å². The van der Waals surface area contributed by atoms with E-state index in [9.17, 15) is 5.11 Å². The third kappa shape index (κ3) is 2.43. The molecule has 0 amide bonds. The van der Waals surface area contributed by atoms with Gasteiger partial charge in [-0.25, -0.2) is 0 Å². The van der Waals surface area contributed by atoms with Gasteiger partial charge in [0.05, 0.1) is 5.69 Å². The summed E-state index contributed by atoms with van der Waals surface area (Å²) in [6.07, 6.45) is 2.51. The predicted octanol–water partition coefficient (Wildman–Crippen LogP) is 1.52. The molecule has 0 aromatic carbocycles. The number of aromatic nitrogens is 2. The monoisotopic (exact) mass is 254 g/mol. The van der Waals surface area contributed by atoms with Gasteiger partial charge in [0.2, 0.25) is 0 Å². The lowest BCUT2D eigenvalue weighted by atomic mass is 9.86. The highest BCUT2D eigenvalue weighted by Gasteiger charge is 2.42. The van der Waals surface area contributed by atoms with Crippen molar-refractivity contribution in [1.82, 2.24) is 9.78 Å². The molecule has 0 saturated carbocycles. The van der Waals surface area contributed by atoms with Crippen LogP contribution in [0.15, 0.2) is 12.3 Å². The fraction of sp³-hybridized carbons (Fsp3) is 0.769. The van der Waals surface area contributed by atoms with Crippen molar-refractivity contribution in [3.8, 4) is 0 Å². The molecule has 1 aromatic heterocycles. The summed E-state index contributed by atoms with van der Waals surface area (Å²) < 4.78 is 13.1. The molecule has 5 nitrogen and oxygen atoms in total. The summed E-state index contributed by atoms with van der Waals surface area (Å²) in [5.74, 6) is 0. The molecule has 102 valence electrons. The lowest BCUT2D eigenvalue weighted by Gasteiger charge is -2.40. The van der Waals surface area contributed by atoms with Crippen LogP contribution < -0.4 is 0 Å². The van der Waals surface area contributed by atoms with E-state index in [1.54, 1.807) is 6.20 Å². The molecular weight excluding hydrogens is 232 g/mol. The van der Waals surface area contributed by atoms with E-state index in [1.165, 1.54) is 0 Å². The van der Waals surface area contributed by atoms with Crippen LogP contribution in [0, 0.1) is 0 Å². The zero-order valence-corrected chi connectivity index (χ0v) is 11.1. The smallest absolute Gasteiger partial charge is 0.125 e. The Morgan fingerprint density at radius 2 is 2.22 bits per heavy atom. The molecule has 1 N–H and O–H groups in total. The highest BCUT2D eigenvalue weighted by atomic mass is 16.5. The maximum Gasteiger partial charge on any atom is 0.125 e. The van der Waals surface area contributed by atoms with E-state index in [1.807, 2.05) is 24.6 Å². The van der Waals surface area contributed by atoms with Crippen molar-refractivity contribution < 1.29 is 14.6 Å². The Bertz CT molecular complexity index is 367. The molecular formula is C13H22N2O3. The Hall–Kier alpha value is -0.910. The average molecular weight is 254 g/mol. The molecule has 1 fully saturated rings. The molecule has 5 heteroatoms. The minimum Gasteiger partial charge on any atom is -0.384 e. The van der Waals surface area contributed by atoms with E-state index in [0.717, 1.165) is 25.1 Å². The molecule has 2 heterocycles. The first-order valence-corrected chi connectivity index (χ1v) is 6.65. The second-order valence-electron chi connectivity index (χ2n) is 4.58. The fourth-order valence-corrected chi connectivity index (χ4v) is 2.61. The van der Waals surface area contributed by atoms with Gasteiger partial charge < -0.3 is 14.6 Å². The minimum atomic E-state index is -0.649. The first kappa shape index (κ1) is 13.5. The number of aliphatic hydroxyl groups excluding tert-OH is 1. The molecule has 1 unspecified atom stereocenters. The summed E-state index contributed by atoms with van der Waals surface area (Å²) in [5, 5.41) is 14.9. The Morgan fingerprint density at radius 1 is 1.50 bits per heavy atom. The largest absolute Gasteiger partial charge is 0.384 e. The van der Waals surface area contributed by atoms with Crippen LogP contribution in [0.3, 0.4) is 0 Å². The fourth-order valence-electron chi connectivity index (χ4n) is 2.61. The van der Waals surface area contributed by atoms with Crippen LogP contribution in [0.5, 0.6) is 0 Å². The number of ether oxygens (including phenoxy) is 2. The second-order valence-corrected chi connectivity index (χ2v) is 4.58. The molecule has 0 aliphatic carbocycles. The first-order valence-electron chi connectivity index (χ1n) is 6.65. The number of nitrogens with zero attached hydrogens (tertiary/aromatic N) is 2. The standard InChI is InChI=1S/C13H22N2O3/c1-3-15-11(5-8-14-15)12(16)13(18-4-2)6-9-17-10-7-13/h5,8,12,16H,3-4,6-7,9-10H2,1-2H3. The van der Waals surface area contributed by atoms with Gasteiger partial charge in [0.1, 0.15) is 11.7 Å². The average Bonchev–Trinajstić information content (AvgIpc) is 2.87. The maximum absolute atomic E-state index is 10.7. The number of aliphatic hydroxyl groups is 1. The molecule has 0 spiro atoms. The Morgan fingerprint density at radius 3 is 2.83 bits per heavy atom. The van der Waals surface area contributed by atoms with Gasteiger partial charge in [0.15, 0.2) is 0 Å². The van der Waals surface area contributed by atoms with Crippen molar-refractivity contribution in [1.29, 1.82) is 0 Å². The number of hydrogen-bond donors (Lipinski definition) is 1. The van der Waals surface area contributed by atoms with Gasteiger partial charge in [-0.3, -0.25) is 4.68 Å². The SMILES string of the molecule is CCOC1(C(O)c2ccnn2CC)CCOCC1. The van der Waals surface area contributed by atoms with E-state index in [-0.39, 0.29) is 0 Å². The molecule has 1 atom stereocenters. The van der Waals surface area contributed by atoms with Crippen LogP contribution in [0.25, 0.3) is 0 Å². The van der Waals surface area contributed by atoms with E-state index in [2.05, 4.69) is 5.10 Å².